The average molecular weight is 386 g/mol. The second-order valence-electron chi connectivity index (χ2n) is 6.68. The Morgan fingerprint density at radius 1 is 1.07 bits per heavy atom. The molecule has 0 saturated heterocycles. The van der Waals surface area contributed by atoms with Gasteiger partial charge in [0.2, 0.25) is 0 Å². The zero-order valence-electron chi connectivity index (χ0n) is 16.9. The summed E-state index contributed by atoms with van der Waals surface area (Å²) in [6.45, 7) is 6.46. The molecule has 1 atom stereocenters. The summed E-state index contributed by atoms with van der Waals surface area (Å²) in [6, 6.07) is 17.5. The minimum Gasteiger partial charge on any atom is -0.491 e. The van der Waals surface area contributed by atoms with Gasteiger partial charge in [-0.15, -0.1) is 0 Å². The maximum absolute atomic E-state index is 10.8. The molecule has 2 aromatic carbocycles. The lowest BCUT2D eigenvalue weighted by Gasteiger charge is -2.25. The van der Waals surface area contributed by atoms with Gasteiger partial charge < -0.3 is 25.2 Å². The molecule has 0 aliphatic heterocycles. The molecule has 6 heteroatoms. The molecule has 0 heterocycles. The summed E-state index contributed by atoms with van der Waals surface area (Å²) in [5.74, 6) is 1.46. The van der Waals surface area contributed by atoms with Gasteiger partial charge in [0, 0.05) is 13.7 Å². The number of hydrogen-bond acceptors (Lipinski definition) is 4. The zero-order chi connectivity index (χ0) is 20.2. The molecule has 0 bridgehead atoms. The van der Waals surface area contributed by atoms with Crippen LogP contribution in [0.25, 0.3) is 0 Å². The van der Waals surface area contributed by atoms with Gasteiger partial charge in [-0.1, -0.05) is 42.5 Å². The van der Waals surface area contributed by atoms with E-state index >= 15 is 0 Å². The van der Waals surface area contributed by atoms with Crippen molar-refractivity contribution in [3.05, 3.63) is 65.7 Å². The summed E-state index contributed by atoms with van der Waals surface area (Å²) in [4.78, 5) is 4.62. The molecule has 2 aromatic rings. The predicted molar refractivity (Wildman–Crippen MR) is 113 cm³/mol. The maximum Gasteiger partial charge on any atom is 0.191 e. The quantitative estimate of drug-likeness (QED) is 0.333. The lowest BCUT2D eigenvalue weighted by atomic mass is 9.96. The lowest BCUT2D eigenvalue weighted by Crippen LogP contribution is -2.44. The monoisotopic (exact) mass is 385 g/mol. The van der Waals surface area contributed by atoms with Gasteiger partial charge in [-0.25, -0.2) is 4.99 Å². The molecule has 1 unspecified atom stereocenters. The number of ether oxygens (including phenoxy) is 2. The summed E-state index contributed by atoms with van der Waals surface area (Å²) in [5.41, 5.74) is 0.910. The van der Waals surface area contributed by atoms with Crippen molar-refractivity contribution >= 4 is 5.96 Å². The van der Waals surface area contributed by atoms with Gasteiger partial charge in [0.1, 0.15) is 18.0 Å². The van der Waals surface area contributed by atoms with Gasteiger partial charge in [-0.3, -0.25) is 0 Å². The van der Waals surface area contributed by atoms with Gasteiger partial charge in [0.05, 0.1) is 19.7 Å². The molecular weight excluding hydrogens is 354 g/mol. The first kappa shape index (κ1) is 21.7. The number of nitrogens with zero attached hydrogens (tertiary/aromatic N) is 1. The number of aliphatic hydroxyl groups is 1. The average Bonchev–Trinajstić information content (AvgIpc) is 2.71. The summed E-state index contributed by atoms with van der Waals surface area (Å²) in [5, 5.41) is 17.2. The summed E-state index contributed by atoms with van der Waals surface area (Å²) < 4.78 is 10.6. The highest BCUT2D eigenvalue weighted by Crippen LogP contribution is 2.19. The molecule has 0 aromatic heterocycles. The fraction of sp³-hybridized carbons (Fsp3) is 0.409. The summed E-state index contributed by atoms with van der Waals surface area (Å²) in [6.07, 6.45) is 0. The topological polar surface area (TPSA) is 75.1 Å². The van der Waals surface area contributed by atoms with Crippen LogP contribution in [0.5, 0.6) is 5.75 Å². The van der Waals surface area contributed by atoms with Crippen LogP contribution < -0.4 is 15.4 Å². The van der Waals surface area contributed by atoms with Crippen LogP contribution in [0.15, 0.2) is 59.6 Å². The van der Waals surface area contributed by atoms with Crippen LogP contribution in [-0.4, -0.2) is 44.5 Å². The molecule has 0 fully saturated rings. The lowest BCUT2D eigenvalue weighted by molar-refractivity contribution is 0.0617. The minimum atomic E-state index is -0.993. The first-order valence-electron chi connectivity index (χ1n) is 9.56. The number of benzene rings is 2. The Morgan fingerprint density at radius 2 is 1.86 bits per heavy atom. The number of methoxy groups -OCH3 is 1. The van der Waals surface area contributed by atoms with Gasteiger partial charge in [0.25, 0.3) is 0 Å². The number of nitrogens with one attached hydrogen (secondary N) is 2. The highest BCUT2D eigenvalue weighted by molar-refractivity contribution is 5.79. The molecule has 2 rings (SSSR count). The first-order valence-corrected chi connectivity index (χ1v) is 9.56. The highest BCUT2D eigenvalue weighted by Gasteiger charge is 2.22. The molecule has 152 valence electrons. The molecule has 0 saturated carbocycles. The van der Waals surface area contributed by atoms with Crippen molar-refractivity contribution in [2.24, 2.45) is 4.99 Å². The normalized spacial score (nSPS) is 13.6. The number of aliphatic imine (C=N–C) groups is 1. The Labute approximate surface area is 167 Å². The fourth-order valence-electron chi connectivity index (χ4n) is 2.64. The van der Waals surface area contributed by atoms with E-state index < -0.39 is 5.60 Å². The third-order valence-electron chi connectivity index (χ3n) is 4.21. The van der Waals surface area contributed by atoms with Crippen molar-refractivity contribution in [3.63, 3.8) is 0 Å². The molecule has 28 heavy (non-hydrogen) atoms. The van der Waals surface area contributed by atoms with Gasteiger partial charge in [-0.2, -0.15) is 0 Å². The predicted octanol–water partition coefficient (Wildman–Crippen LogP) is 2.67. The molecule has 0 amide bonds. The van der Waals surface area contributed by atoms with E-state index in [0.717, 1.165) is 23.4 Å². The summed E-state index contributed by atoms with van der Waals surface area (Å²) in [7, 11) is 1.65. The largest absolute Gasteiger partial charge is 0.491 e. The smallest absolute Gasteiger partial charge is 0.191 e. The van der Waals surface area contributed by atoms with Gasteiger partial charge in [0.15, 0.2) is 5.96 Å². The van der Waals surface area contributed by atoms with E-state index in [0.29, 0.717) is 32.3 Å². The zero-order valence-corrected chi connectivity index (χ0v) is 16.9. The third kappa shape index (κ3) is 7.21. The SMILES string of the molecule is CCNC(=NCc1cccc(OCCOC)c1)NCC(C)(O)c1ccccc1. The Kier molecular flexibility index (Phi) is 8.78. The third-order valence-corrected chi connectivity index (χ3v) is 4.21. The molecular formula is C22H31N3O3. The molecule has 6 nitrogen and oxygen atoms in total. The van der Waals surface area contributed by atoms with Crippen LogP contribution >= 0.6 is 0 Å². The molecule has 3 N–H and O–H groups in total. The van der Waals surface area contributed by atoms with Crippen molar-refractivity contribution in [1.29, 1.82) is 0 Å². The number of hydrogen-bond donors (Lipinski definition) is 3. The van der Waals surface area contributed by atoms with E-state index in [4.69, 9.17) is 9.47 Å². The van der Waals surface area contributed by atoms with E-state index in [-0.39, 0.29) is 0 Å². The van der Waals surface area contributed by atoms with Crippen LogP contribution in [0, 0.1) is 0 Å². The second kappa shape index (κ2) is 11.3. The maximum atomic E-state index is 10.8. The molecule has 0 radical (unpaired) electrons. The fourth-order valence-corrected chi connectivity index (χ4v) is 2.64. The van der Waals surface area contributed by atoms with Crippen molar-refractivity contribution in [3.8, 4) is 5.75 Å². The van der Waals surface area contributed by atoms with E-state index in [1.54, 1.807) is 14.0 Å². The summed E-state index contributed by atoms with van der Waals surface area (Å²) >= 11 is 0. The van der Waals surface area contributed by atoms with Crippen LogP contribution in [0.2, 0.25) is 0 Å². The van der Waals surface area contributed by atoms with Gasteiger partial charge >= 0.3 is 0 Å². The second-order valence-corrected chi connectivity index (χ2v) is 6.68. The van der Waals surface area contributed by atoms with Crippen molar-refractivity contribution in [1.82, 2.24) is 10.6 Å². The van der Waals surface area contributed by atoms with Gasteiger partial charge in [-0.05, 0) is 37.1 Å². The molecule has 0 aliphatic carbocycles. The van der Waals surface area contributed by atoms with Crippen LogP contribution in [0.4, 0.5) is 0 Å². The van der Waals surface area contributed by atoms with E-state index in [9.17, 15) is 5.11 Å². The first-order chi connectivity index (χ1) is 13.5. The van der Waals surface area contributed by atoms with Crippen LogP contribution in [-0.2, 0) is 16.9 Å². The van der Waals surface area contributed by atoms with Crippen LogP contribution in [0.3, 0.4) is 0 Å². The Hall–Kier alpha value is -2.57. The highest BCUT2D eigenvalue weighted by atomic mass is 16.5. The van der Waals surface area contributed by atoms with Crippen molar-refractivity contribution in [2.75, 3.05) is 33.4 Å². The number of guanidine groups is 1. The Balaban J connectivity index is 1.97. The number of rotatable bonds is 10. The molecule has 0 aliphatic rings. The standard InChI is InChI=1S/C22H31N3O3/c1-4-23-21(25-17-22(2,26)19-10-6-5-7-11-19)24-16-18-9-8-12-20(15-18)28-14-13-27-3/h5-12,15,26H,4,13-14,16-17H2,1-3H3,(H2,23,24,25). The van der Waals surface area contributed by atoms with Crippen molar-refractivity contribution < 1.29 is 14.6 Å². The van der Waals surface area contributed by atoms with Crippen molar-refractivity contribution in [2.45, 2.75) is 26.0 Å². The Bertz CT molecular complexity index is 733. The minimum absolute atomic E-state index is 0.350. The Morgan fingerprint density at radius 3 is 2.57 bits per heavy atom. The molecule has 0 spiro atoms. The van der Waals surface area contributed by atoms with E-state index in [1.165, 1.54) is 0 Å². The van der Waals surface area contributed by atoms with Crippen LogP contribution in [0.1, 0.15) is 25.0 Å². The van der Waals surface area contributed by atoms with E-state index in [1.807, 2.05) is 61.5 Å². The van der Waals surface area contributed by atoms with E-state index in [2.05, 4.69) is 15.6 Å².